The van der Waals surface area contributed by atoms with Crippen molar-refractivity contribution in [1.29, 1.82) is 0 Å². The van der Waals surface area contributed by atoms with E-state index in [1.807, 2.05) is 32.2 Å². The van der Waals surface area contributed by atoms with Crippen LogP contribution in [0.15, 0.2) is 102 Å². The second kappa shape index (κ2) is 43.8. The number of rotatable bonds is 30. The first-order chi connectivity index (χ1) is 56.7. The molecule has 1 aliphatic rings. The van der Waals surface area contributed by atoms with Crippen molar-refractivity contribution in [1.82, 2.24) is 72.9 Å². The highest BCUT2D eigenvalue weighted by atomic mass is 32.2. The fraction of sp³-hybridized carbons (Fsp3) is 0.481. The molecule has 7 rings (SSSR count). The zero-order valence-electron chi connectivity index (χ0n) is 68.8. The monoisotopic (exact) mass is 1690 g/mol. The van der Waals surface area contributed by atoms with Crippen LogP contribution in [0.4, 0.5) is 38.0 Å². The SMILES string of the molecule is Cc1ccc(N(C(=O)N(C)c2c(F)cccc2COC(=O)C(C)C(C)C(=O)N[C@H](C(=O)N[C@H](CCN)C(=O)N[C@H]2CCNC(=O)[C@@H]([C@@H](C)O)NC(=O)[C@@H](CCN)NC(=O)[C@@H](CCN)NC(=O)[C@@H](CC(C)C)NC(=O)[C@@H](Cc3ccccc3)NC(=O)[C@@H](CCN)NC2=O)[C@@H](C)O)c2nccc(N(C)c3ccc4c(C)n(C)nc4c3)n2)cc1S(N)(=O)=O. The lowest BCUT2D eigenvalue weighted by molar-refractivity contribution is -0.153. The van der Waals surface area contributed by atoms with Crippen LogP contribution in [0.5, 0.6) is 0 Å². The van der Waals surface area contributed by atoms with Gasteiger partial charge < -0.3 is 96.0 Å². The maximum atomic E-state index is 16.5. The van der Waals surface area contributed by atoms with Gasteiger partial charge in [-0.3, -0.25) is 62.3 Å². The van der Waals surface area contributed by atoms with Crippen LogP contribution in [-0.4, -0.2) is 223 Å². The molecule has 3 heterocycles. The molecule has 13 atom stereocenters. The number of carbonyl (C=O) groups is 12. The van der Waals surface area contributed by atoms with Crippen molar-refractivity contribution in [2.75, 3.05) is 61.5 Å². The smallest absolute Gasteiger partial charge is 0.335 e. The molecular formula is C79H111FN22O17S. The minimum absolute atomic E-state index is 0.00513. The van der Waals surface area contributed by atoms with E-state index in [-0.39, 0.29) is 104 Å². The molecule has 652 valence electrons. The molecule has 12 amide bonds. The van der Waals surface area contributed by atoms with Gasteiger partial charge in [-0.2, -0.15) is 10.1 Å². The largest absolute Gasteiger partial charge is 0.461 e. The molecule has 41 heteroatoms. The van der Waals surface area contributed by atoms with Gasteiger partial charge in [-0.15, -0.1) is 0 Å². The Kier molecular flexibility index (Phi) is 34.8. The van der Waals surface area contributed by atoms with Crippen molar-refractivity contribution >= 4 is 121 Å². The molecule has 2 unspecified atom stereocenters. The molecule has 1 aliphatic heterocycles. The summed E-state index contributed by atoms with van der Waals surface area (Å²) in [7, 11) is 0.316. The highest BCUT2D eigenvalue weighted by molar-refractivity contribution is 7.89. The van der Waals surface area contributed by atoms with Crippen LogP contribution in [0.25, 0.3) is 10.9 Å². The van der Waals surface area contributed by atoms with Crippen LogP contribution < -0.4 is 95.9 Å². The molecule has 0 saturated carbocycles. The topological polar surface area (TPSA) is 592 Å². The summed E-state index contributed by atoms with van der Waals surface area (Å²) in [5, 5.41) is 58.5. The standard InChI is InChI=1S/C79H111FN22O17S/c1-41(2)36-60-73(111)90-54(24-30-81)68(106)89-57(27-33-84)72(110)97-64(46(7)103)75(113)86-34-28-58(71(109)88-55(25-31-82)70(108)94-61(74(112)93-60)37-48-16-13-12-14-17-48)91-69(107)56(26-32-83)92-76(114)65(47(8)104)96-67(105)43(4)44(5)77(115)119-40-49-18-15-19-53(80)66(49)100(10)79(116)102(51-21-20-42(3)62(39-51)120(85,117)118)78-87-35-29-63(95-78)99(9)50-22-23-52-45(6)101(11)98-59(52)38-50/h12-23,29,35,38-39,41,43-44,46-47,54-58,60-61,64-65,103-104H,24-28,30-34,36-37,40,81-84H2,1-11H3,(H,86,113)(H,88,109)(H,89,106)(H,90,111)(H,91,107)(H,92,114)(H,93,112)(H,94,108)(H,96,105)(H,97,110)(H2,85,117,118)/t43?,44?,46-,47-,54-,55-,56-,57-,58+,60-,61-,64-,65+/m1/s1. The third-order valence-electron chi connectivity index (χ3n) is 20.3. The number of primary sulfonamides is 1. The maximum absolute atomic E-state index is 16.5. The van der Waals surface area contributed by atoms with Gasteiger partial charge in [0.1, 0.15) is 72.6 Å². The number of hydrogen-bond acceptors (Lipinski definition) is 25. The first kappa shape index (κ1) is 95.4. The Balaban J connectivity index is 1.10. The summed E-state index contributed by atoms with van der Waals surface area (Å²) < 4.78 is 49.8. The number of aromatic nitrogens is 4. The third-order valence-corrected chi connectivity index (χ3v) is 21.4. The van der Waals surface area contributed by atoms with Gasteiger partial charge >= 0.3 is 12.0 Å². The Morgan fingerprint density at radius 3 is 1.84 bits per heavy atom. The second-order valence-electron chi connectivity index (χ2n) is 29.9. The Bertz CT molecular complexity index is 4790. The number of carbonyl (C=O) groups excluding carboxylic acids is 12. The number of ether oxygens (including phenoxy) is 1. The zero-order valence-corrected chi connectivity index (χ0v) is 69.7. The first-order valence-electron chi connectivity index (χ1n) is 39.1. The fourth-order valence-corrected chi connectivity index (χ4v) is 13.9. The molecule has 1 fully saturated rings. The van der Waals surface area contributed by atoms with E-state index in [9.17, 15) is 71.4 Å². The lowest BCUT2D eigenvalue weighted by atomic mass is 9.94. The number of aliphatic hydroxyl groups is 2. The van der Waals surface area contributed by atoms with Crippen molar-refractivity contribution in [2.45, 2.75) is 178 Å². The molecule has 1 saturated heterocycles. The summed E-state index contributed by atoms with van der Waals surface area (Å²) >= 11 is 0. The minimum atomic E-state index is -4.41. The van der Waals surface area contributed by atoms with E-state index in [2.05, 4.69) is 63.3 Å². The molecule has 2 aromatic heterocycles. The molecule has 120 heavy (non-hydrogen) atoms. The Hall–Kier alpha value is -11.7. The van der Waals surface area contributed by atoms with Gasteiger partial charge in [0.15, 0.2) is 0 Å². The molecule has 0 aliphatic carbocycles. The van der Waals surface area contributed by atoms with Crippen LogP contribution >= 0.6 is 0 Å². The van der Waals surface area contributed by atoms with Crippen molar-refractivity contribution in [3.05, 3.63) is 125 Å². The van der Waals surface area contributed by atoms with E-state index < -0.39 is 191 Å². The number of aryl methyl sites for hydroxylation is 3. The second-order valence-corrected chi connectivity index (χ2v) is 31.4. The minimum Gasteiger partial charge on any atom is -0.461 e. The molecule has 22 N–H and O–H groups in total. The van der Waals surface area contributed by atoms with Crippen LogP contribution in [-0.2, 0) is 87.6 Å². The summed E-state index contributed by atoms with van der Waals surface area (Å²) in [6.45, 7) is 9.67. The molecular weight excluding hydrogens is 1580 g/mol. The number of amides is 12. The van der Waals surface area contributed by atoms with Crippen LogP contribution in [0.3, 0.4) is 0 Å². The van der Waals surface area contributed by atoms with Gasteiger partial charge in [-0.1, -0.05) is 76.2 Å². The summed E-state index contributed by atoms with van der Waals surface area (Å²) in [4.78, 5) is 185. The number of aliphatic hydroxyl groups excluding tert-OH is 2. The predicted molar refractivity (Wildman–Crippen MR) is 441 cm³/mol. The number of urea groups is 1. The van der Waals surface area contributed by atoms with E-state index in [0.717, 1.165) is 39.9 Å². The van der Waals surface area contributed by atoms with Crippen molar-refractivity contribution in [3.8, 4) is 0 Å². The lowest BCUT2D eigenvalue weighted by Crippen LogP contribution is -2.61. The Morgan fingerprint density at radius 2 is 1.25 bits per heavy atom. The number of hydrogen-bond donors (Lipinski definition) is 17. The van der Waals surface area contributed by atoms with Crippen LogP contribution in [0.2, 0.25) is 0 Å². The summed E-state index contributed by atoms with van der Waals surface area (Å²) in [5.74, 6) is -15.1. The lowest BCUT2D eigenvalue weighted by Gasteiger charge is -2.29. The third kappa shape index (κ3) is 25.4. The summed E-state index contributed by atoms with van der Waals surface area (Å²) in [6.07, 6.45) is -3.76. The highest BCUT2D eigenvalue weighted by Gasteiger charge is 2.40. The van der Waals surface area contributed by atoms with E-state index in [4.69, 9.17) is 37.8 Å². The van der Waals surface area contributed by atoms with Gasteiger partial charge in [-0.25, -0.2) is 32.6 Å². The van der Waals surface area contributed by atoms with Gasteiger partial charge in [0, 0.05) is 68.6 Å². The van der Waals surface area contributed by atoms with Crippen molar-refractivity contribution in [3.63, 3.8) is 0 Å². The average molecular weight is 1690 g/mol. The Morgan fingerprint density at radius 1 is 0.667 bits per heavy atom. The van der Waals surface area contributed by atoms with Crippen LogP contribution in [0.1, 0.15) is 102 Å². The number of anilines is 5. The molecule has 6 aromatic rings. The average Bonchev–Trinajstić information content (AvgIpc) is 1.57. The molecule has 0 bridgehead atoms. The van der Waals surface area contributed by atoms with E-state index in [1.54, 1.807) is 66.9 Å². The van der Waals surface area contributed by atoms with E-state index in [0.29, 0.717) is 16.8 Å². The quantitative estimate of drug-likeness (QED) is 0.0230. The number of benzene rings is 4. The van der Waals surface area contributed by atoms with Gasteiger partial charge in [0.25, 0.3) is 0 Å². The fourth-order valence-electron chi connectivity index (χ4n) is 13.1. The summed E-state index contributed by atoms with van der Waals surface area (Å²) in [5.41, 5.74) is 26.2. The number of halogens is 1. The normalized spacial score (nSPS) is 19.7. The number of para-hydroxylation sites is 1. The van der Waals surface area contributed by atoms with Gasteiger partial charge in [-0.05, 0) is 152 Å². The number of esters is 1. The highest BCUT2D eigenvalue weighted by Crippen LogP contribution is 2.35. The summed E-state index contributed by atoms with van der Waals surface area (Å²) in [6, 6.07) is 7.77. The number of nitrogens with one attached hydrogen (secondary N) is 10. The van der Waals surface area contributed by atoms with Gasteiger partial charge in [0.05, 0.1) is 39.9 Å². The molecule has 4 aromatic carbocycles. The van der Waals surface area contributed by atoms with Crippen molar-refractivity contribution in [2.24, 2.45) is 52.9 Å². The molecule has 0 spiro atoms. The first-order valence-corrected chi connectivity index (χ1v) is 40.7. The molecule has 0 radical (unpaired) electrons. The number of fused-ring (bicyclic) bond motifs is 1. The predicted octanol–water partition coefficient (Wildman–Crippen LogP) is -1.43. The van der Waals surface area contributed by atoms with Crippen LogP contribution in [0, 0.1) is 37.4 Å². The number of nitrogens with zero attached hydrogens (tertiary/aromatic N) is 7. The Labute approximate surface area is 694 Å². The molecule has 39 nitrogen and oxygen atoms in total. The van der Waals surface area contributed by atoms with E-state index in [1.165, 1.54) is 65.2 Å². The van der Waals surface area contributed by atoms with Crippen molar-refractivity contribution < 1.29 is 85.3 Å². The maximum Gasteiger partial charge on any atom is 0.335 e. The number of nitrogens with two attached hydrogens (primary N) is 5. The van der Waals surface area contributed by atoms with Gasteiger partial charge in [0.2, 0.25) is 75.0 Å². The number of sulfonamides is 1. The zero-order chi connectivity index (χ0) is 88.7. The van der Waals surface area contributed by atoms with E-state index >= 15 is 9.18 Å².